The van der Waals surface area contributed by atoms with Crippen molar-refractivity contribution in [2.24, 2.45) is 7.05 Å². The van der Waals surface area contributed by atoms with E-state index in [4.69, 9.17) is 0 Å². The molecule has 2 aromatic rings. The average Bonchev–Trinajstić information content (AvgIpc) is 3.06. The van der Waals surface area contributed by atoms with Crippen LogP contribution in [-0.4, -0.2) is 70.7 Å². The lowest BCUT2D eigenvalue weighted by Gasteiger charge is -2.20. The number of hydrogen-bond donors (Lipinski definition) is 0. The zero-order valence-corrected chi connectivity index (χ0v) is 18.2. The van der Waals surface area contributed by atoms with E-state index in [1.165, 1.54) is 21.0 Å². The lowest BCUT2D eigenvalue weighted by Crippen LogP contribution is -2.37. The van der Waals surface area contributed by atoms with Crippen molar-refractivity contribution in [3.8, 4) is 0 Å². The van der Waals surface area contributed by atoms with Crippen LogP contribution in [0.4, 0.5) is 0 Å². The van der Waals surface area contributed by atoms with Crippen molar-refractivity contribution >= 4 is 20.0 Å². The van der Waals surface area contributed by atoms with Gasteiger partial charge in [-0.2, -0.15) is 8.61 Å². The molecule has 0 amide bonds. The smallest absolute Gasteiger partial charge is 0.262 e. The van der Waals surface area contributed by atoms with E-state index in [1.807, 2.05) is 6.92 Å². The second kappa shape index (κ2) is 7.58. The summed E-state index contributed by atoms with van der Waals surface area (Å²) >= 11 is 0. The summed E-state index contributed by atoms with van der Waals surface area (Å²) in [6, 6.07) is 0. The van der Waals surface area contributed by atoms with Crippen molar-refractivity contribution in [1.29, 1.82) is 0 Å². The van der Waals surface area contributed by atoms with E-state index in [1.54, 1.807) is 30.0 Å². The number of imidazole rings is 2. The molecule has 3 heterocycles. The van der Waals surface area contributed by atoms with Gasteiger partial charge in [-0.05, 0) is 27.2 Å². The number of nitrogens with zero attached hydrogens (tertiary/aromatic N) is 6. The van der Waals surface area contributed by atoms with Crippen LogP contribution in [-0.2, 0) is 33.6 Å². The van der Waals surface area contributed by atoms with Gasteiger partial charge in [0, 0.05) is 52.2 Å². The summed E-state index contributed by atoms with van der Waals surface area (Å²) in [7, 11) is -5.81. The summed E-state index contributed by atoms with van der Waals surface area (Å²) < 4.78 is 57.7. The first kappa shape index (κ1) is 21.0. The van der Waals surface area contributed by atoms with E-state index in [-0.39, 0.29) is 36.2 Å². The van der Waals surface area contributed by atoms with Gasteiger partial charge in [-0.3, -0.25) is 0 Å². The number of hydrogen-bond acceptors (Lipinski definition) is 6. The van der Waals surface area contributed by atoms with Gasteiger partial charge in [-0.25, -0.2) is 26.8 Å². The van der Waals surface area contributed by atoms with E-state index in [0.717, 1.165) is 0 Å². The summed E-state index contributed by atoms with van der Waals surface area (Å²) in [6.07, 6.45) is 3.41. The fourth-order valence-corrected chi connectivity index (χ4v) is 6.15. The molecule has 1 aliphatic heterocycles. The van der Waals surface area contributed by atoms with Gasteiger partial charge in [0.15, 0.2) is 10.1 Å². The van der Waals surface area contributed by atoms with Crippen LogP contribution in [0.3, 0.4) is 0 Å². The lowest BCUT2D eigenvalue weighted by molar-refractivity contribution is 0.402. The van der Waals surface area contributed by atoms with Crippen LogP contribution in [0, 0.1) is 13.8 Å². The molecule has 1 saturated heterocycles. The molecule has 2 aromatic heterocycles. The summed E-state index contributed by atoms with van der Waals surface area (Å²) in [6.45, 7) is 6.67. The summed E-state index contributed by atoms with van der Waals surface area (Å²) in [5, 5.41) is -0.00960. The minimum Gasteiger partial charge on any atom is -0.337 e. The first-order valence-corrected chi connectivity index (χ1v) is 12.0. The minimum absolute atomic E-state index is 0.00325. The Morgan fingerprint density at radius 2 is 1.36 bits per heavy atom. The van der Waals surface area contributed by atoms with E-state index in [2.05, 4.69) is 9.97 Å². The molecule has 0 unspecified atom stereocenters. The van der Waals surface area contributed by atoms with E-state index in [9.17, 15) is 16.8 Å². The molecule has 0 N–H and O–H groups in total. The standard InChI is InChI=1S/C16H26N6O4S2/c1-5-20-12-16(18-14(20)3)28(25,26)22-8-6-7-21(9-10-22)27(23,24)15-11-19(4)13(2)17-15/h11-12H,5-10H2,1-4H3. The van der Waals surface area contributed by atoms with Gasteiger partial charge in [-0.15, -0.1) is 0 Å². The highest BCUT2D eigenvalue weighted by atomic mass is 32.2. The van der Waals surface area contributed by atoms with Crippen LogP contribution in [0.25, 0.3) is 0 Å². The van der Waals surface area contributed by atoms with Crippen molar-refractivity contribution in [3.05, 3.63) is 24.0 Å². The van der Waals surface area contributed by atoms with Crippen molar-refractivity contribution in [1.82, 2.24) is 27.7 Å². The molecular weight excluding hydrogens is 404 g/mol. The number of aromatic nitrogens is 4. The first-order valence-electron chi connectivity index (χ1n) is 9.11. The number of aryl methyl sites for hydroxylation is 4. The predicted molar refractivity (Wildman–Crippen MR) is 103 cm³/mol. The minimum atomic E-state index is -3.77. The Morgan fingerprint density at radius 1 is 0.857 bits per heavy atom. The third kappa shape index (κ3) is 3.73. The molecule has 0 saturated carbocycles. The largest absolute Gasteiger partial charge is 0.337 e. The number of rotatable bonds is 5. The fraction of sp³-hybridized carbons (Fsp3) is 0.625. The molecule has 10 nitrogen and oxygen atoms in total. The van der Waals surface area contributed by atoms with E-state index >= 15 is 0 Å². The second-order valence-corrected chi connectivity index (χ2v) is 10.6. The maximum absolute atomic E-state index is 13.0. The van der Waals surface area contributed by atoms with Gasteiger partial charge in [0.1, 0.15) is 11.6 Å². The maximum Gasteiger partial charge on any atom is 0.262 e. The molecule has 12 heteroatoms. The highest BCUT2D eigenvalue weighted by Gasteiger charge is 2.34. The molecule has 0 atom stereocenters. The molecule has 0 aromatic carbocycles. The fourth-order valence-electron chi connectivity index (χ4n) is 3.19. The molecule has 0 aliphatic carbocycles. The zero-order chi connectivity index (χ0) is 20.7. The van der Waals surface area contributed by atoms with Gasteiger partial charge in [0.2, 0.25) is 0 Å². The third-order valence-corrected chi connectivity index (χ3v) is 8.54. The summed E-state index contributed by atoms with van der Waals surface area (Å²) in [5.41, 5.74) is 0. The molecule has 28 heavy (non-hydrogen) atoms. The molecule has 1 aliphatic rings. The Balaban J connectivity index is 1.80. The summed E-state index contributed by atoms with van der Waals surface area (Å²) in [4.78, 5) is 8.29. The first-order chi connectivity index (χ1) is 13.1. The van der Waals surface area contributed by atoms with Gasteiger partial charge in [-0.1, -0.05) is 0 Å². The molecule has 1 fully saturated rings. The normalized spacial score (nSPS) is 17.7. The van der Waals surface area contributed by atoms with Crippen LogP contribution in [0.5, 0.6) is 0 Å². The molecule has 3 rings (SSSR count). The molecule has 0 radical (unpaired) electrons. The van der Waals surface area contributed by atoms with E-state index in [0.29, 0.717) is 24.6 Å². The highest BCUT2D eigenvalue weighted by Crippen LogP contribution is 2.21. The Bertz CT molecular complexity index is 1050. The number of sulfonamides is 2. The molecule has 156 valence electrons. The molecular formula is C16H26N6O4S2. The summed E-state index contributed by atoms with van der Waals surface area (Å²) in [5.74, 6) is 1.23. The van der Waals surface area contributed by atoms with Crippen LogP contribution in [0.2, 0.25) is 0 Å². The monoisotopic (exact) mass is 430 g/mol. The van der Waals surface area contributed by atoms with Crippen molar-refractivity contribution in [2.45, 2.75) is 43.8 Å². The predicted octanol–water partition coefficient (Wildman–Crippen LogP) is 0.339. The van der Waals surface area contributed by atoms with Crippen LogP contribution in [0.15, 0.2) is 22.4 Å². The maximum atomic E-state index is 13.0. The Hall–Kier alpha value is -1.76. The van der Waals surface area contributed by atoms with Crippen LogP contribution in [0.1, 0.15) is 25.0 Å². The zero-order valence-electron chi connectivity index (χ0n) is 16.5. The molecule has 0 bridgehead atoms. The van der Waals surface area contributed by atoms with Gasteiger partial charge >= 0.3 is 0 Å². The van der Waals surface area contributed by atoms with Gasteiger partial charge in [0.05, 0.1) is 0 Å². The Labute approximate surface area is 165 Å². The topological polar surface area (TPSA) is 110 Å². The lowest BCUT2D eigenvalue weighted by atomic mass is 10.4. The van der Waals surface area contributed by atoms with Gasteiger partial charge < -0.3 is 9.13 Å². The highest BCUT2D eigenvalue weighted by molar-refractivity contribution is 7.89. The van der Waals surface area contributed by atoms with Crippen LogP contribution >= 0.6 is 0 Å². The Morgan fingerprint density at radius 3 is 1.79 bits per heavy atom. The second-order valence-electron chi connectivity index (χ2n) is 6.81. The van der Waals surface area contributed by atoms with E-state index < -0.39 is 20.0 Å². The van der Waals surface area contributed by atoms with Crippen molar-refractivity contribution in [2.75, 3.05) is 26.2 Å². The van der Waals surface area contributed by atoms with Gasteiger partial charge in [0.25, 0.3) is 20.0 Å². The van der Waals surface area contributed by atoms with Crippen LogP contribution < -0.4 is 0 Å². The SMILES string of the molecule is CCn1cc(S(=O)(=O)N2CCCN(S(=O)(=O)c3cn(C)c(C)n3)CC2)nc1C. The quantitative estimate of drug-likeness (QED) is 0.676. The average molecular weight is 431 g/mol. The van der Waals surface area contributed by atoms with Crippen molar-refractivity contribution in [3.63, 3.8) is 0 Å². The molecule has 0 spiro atoms. The Kier molecular flexibility index (Phi) is 5.67. The van der Waals surface area contributed by atoms with Crippen molar-refractivity contribution < 1.29 is 16.8 Å². The third-order valence-electron chi connectivity index (χ3n) is 5.00.